The summed E-state index contributed by atoms with van der Waals surface area (Å²) in [5.41, 5.74) is 3.37. The minimum atomic E-state index is -0.0129. The molecule has 0 radical (unpaired) electrons. The number of benzene rings is 3. The summed E-state index contributed by atoms with van der Waals surface area (Å²) in [4.78, 5) is 0. The van der Waals surface area contributed by atoms with Crippen LogP contribution in [0.2, 0.25) is 0 Å². The molecule has 3 rings (SSSR count). The summed E-state index contributed by atoms with van der Waals surface area (Å²) in [5, 5.41) is 13.8. The molecule has 23 heavy (non-hydrogen) atoms. The number of para-hydroxylation sites is 1. The zero-order valence-electron chi connectivity index (χ0n) is 13.0. The molecule has 0 aromatic heterocycles. The van der Waals surface area contributed by atoms with E-state index in [1.807, 2.05) is 42.5 Å². The number of phenolic OH excluding ortho intramolecular Hbond substituents is 1. The average molecular weight is 303 g/mol. The molecule has 1 unspecified atom stereocenters. The van der Waals surface area contributed by atoms with Gasteiger partial charge in [-0.3, -0.25) is 0 Å². The Bertz CT molecular complexity index is 725. The summed E-state index contributed by atoms with van der Waals surface area (Å²) in [6.45, 7) is 0.845. The van der Waals surface area contributed by atoms with Crippen molar-refractivity contribution in [1.82, 2.24) is 5.32 Å². The number of phenols is 1. The van der Waals surface area contributed by atoms with E-state index < -0.39 is 0 Å². The molecule has 0 aliphatic rings. The third-order valence-electron chi connectivity index (χ3n) is 3.99. The van der Waals surface area contributed by atoms with Crippen LogP contribution in [0.15, 0.2) is 84.9 Å². The Morgan fingerprint density at radius 3 is 2.04 bits per heavy atom. The SMILES string of the molecule is Oc1ccccc1C(NCCc1ccccc1)c1ccccc1. The first kappa shape index (κ1) is 15.3. The van der Waals surface area contributed by atoms with Gasteiger partial charge in [-0.05, 0) is 23.6 Å². The van der Waals surface area contributed by atoms with E-state index in [2.05, 4.69) is 41.7 Å². The standard InChI is InChI=1S/C21H21NO/c23-20-14-8-7-13-19(20)21(18-11-5-2-6-12-18)22-16-15-17-9-3-1-4-10-17/h1-14,21-23H,15-16H2. The predicted molar refractivity (Wildman–Crippen MR) is 94.5 cm³/mol. The van der Waals surface area contributed by atoms with Gasteiger partial charge in [-0.25, -0.2) is 0 Å². The Morgan fingerprint density at radius 2 is 1.35 bits per heavy atom. The van der Waals surface area contributed by atoms with Crippen molar-refractivity contribution in [3.8, 4) is 5.75 Å². The lowest BCUT2D eigenvalue weighted by Gasteiger charge is -2.21. The minimum absolute atomic E-state index is 0.0129. The fourth-order valence-electron chi connectivity index (χ4n) is 2.79. The third kappa shape index (κ3) is 3.99. The van der Waals surface area contributed by atoms with Crippen LogP contribution in [-0.4, -0.2) is 11.7 Å². The van der Waals surface area contributed by atoms with Gasteiger partial charge in [-0.1, -0.05) is 78.9 Å². The van der Waals surface area contributed by atoms with E-state index >= 15 is 0 Å². The maximum Gasteiger partial charge on any atom is 0.120 e. The zero-order chi connectivity index (χ0) is 15.9. The highest BCUT2D eigenvalue weighted by Gasteiger charge is 2.16. The van der Waals surface area contributed by atoms with E-state index in [4.69, 9.17) is 0 Å². The zero-order valence-corrected chi connectivity index (χ0v) is 13.0. The van der Waals surface area contributed by atoms with E-state index in [0.29, 0.717) is 5.75 Å². The largest absolute Gasteiger partial charge is 0.508 e. The third-order valence-corrected chi connectivity index (χ3v) is 3.99. The summed E-state index contributed by atoms with van der Waals surface area (Å²) in [6.07, 6.45) is 0.956. The van der Waals surface area contributed by atoms with Gasteiger partial charge in [0.15, 0.2) is 0 Å². The molecule has 0 aliphatic carbocycles. The van der Waals surface area contributed by atoms with Crippen LogP contribution in [0.1, 0.15) is 22.7 Å². The lowest BCUT2D eigenvalue weighted by molar-refractivity contribution is 0.457. The number of hydrogen-bond acceptors (Lipinski definition) is 2. The molecule has 2 N–H and O–H groups in total. The quantitative estimate of drug-likeness (QED) is 0.711. The maximum absolute atomic E-state index is 10.2. The Morgan fingerprint density at radius 1 is 0.739 bits per heavy atom. The van der Waals surface area contributed by atoms with Gasteiger partial charge in [-0.15, -0.1) is 0 Å². The average Bonchev–Trinajstić information content (AvgIpc) is 2.61. The first-order chi connectivity index (χ1) is 11.3. The molecule has 0 spiro atoms. The van der Waals surface area contributed by atoms with Crippen molar-refractivity contribution < 1.29 is 5.11 Å². The molecule has 1 atom stereocenters. The molecule has 116 valence electrons. The topological polar surface area (TPSA) is 32.3 Å². The second-order valence-electron chi connectivity index (χ2n) is 5.59. The van der Waals surface area contributed by atoms with Gasteiger partial charge in [0.2, 0.25) is 0 Å². The molecule has 2 heteroatoms. The fraction of sp³-hybridized carbons (Fsp3) is 0.143. The van der Waals surface area contributed by atoms with Crippen molar-refractivity contribution in [3.63, 3.8) is 0 Å². The van der Waals surface area contributed by atoms with Gasteiger partial charge in [0.25, 0.3) is 0 Å². The van der Waals surface area contributed by atoms with Crippen molar-refractivity contribution in [2.75, 3.05) is 6.54 Å². The Hall–Kier alpha value is -2.58. The van der Waals surface area contributed by atoms with Gasteiger partial charge in [0.1, 0.15) is 5.75 Å². The van der Waals surface area contributed by atoms with Crippen LogP contribution in [-0.2, 0) is 6.42 Å². The maximum atomic E-state index is 10.2. The van der Waals surface area contributed by atoms with Crippen LogP contribution in [0, 0.1) is 0 Å². The highest BCUT2D eigenvalue weighted by Crippen LogP contribution is 2.28. The second-order valence-corrected chi connectivity index (χ2v) is 5.59. The number of rotatable bonds is 6. The van der Waals surface area contributed by atoms with Gasteiger partial charge >= 0.3 is 0 Å². The molecular formula is C21H21NO. The molecular weight excluding hydrogens is 282 g/mol. The molecule has 0 amide bonds. The molecule has 2 nitrogen and oxygen atoms in total. The lowest BCUT2D eigenvalue weighted by atomic mass is 9.97. The van der Waals surface area contributed by atoms with Crippen LogP contribution < -0.4 is 5.32 Å². The fourth-order valence-corrected chi connectivity index (χ4v) is 2.79. The Labute approximate surface area is 137 Å². The molecule has 3 aromatic rings. The summed E-state index contributed by atoms with van der Waals surface area (Å²) < 4.78 is 0. The van der Waals surface area contributed by atoms with E-state index in [0.717, 1.165) is 24.1 Å². The van der Waals surface area contributed by atoms with Gasteiger partial charge < -0.3 is 10.4 Å². The van der Waals surface area contributed by atoms with Crippen molar-refractivity contribution >= 4 is 0 Å². The number of nitrogens with one attached hydrogen (secondary N) is 1. The molecule has 0 bridgehead atoms. The summed E-state index contributed by atoms with van der Waals surface area (Å²) in [5.74, 6) is 0.327. The van der Waals surface area contributed by atoms with Crippen molar-refractivity contribution in [1.29, 1.82) is 0 Å². The predicted octanol–water partition coefficient (Wildman–Crippen LogP) is 4.31. The molecule has 0 saturated heterocycles. The Kier molecular flexibility index (Phi) is 5.07. The van der Waals surface area contributed by atoms with Crippen LogP contribution in [0.3, 0.4) is 0 Å². The van der Waals surface area contributed by atoms with E-state index in [1.165, 1.54) is 5.56 Å². The summed E-state index contributed by atoms with van der Waals surface area (Å²) in [6, 6.07) is 28.2. The van der Waals surface area contributed by atoms with E-state index in [-0.39, 0.29) is 6.04 Å². The van der Waals surface area contributed by atoms with E-state index in [1.54, 1.807) is 6.07 Å². The molecule has 0 fully saturated rings. The molecule has 3 aromatic carbocycles. The number of hydrogen-bond donors (Lipinski definition) is 2. The van der Waals surface area contributed by atoms with E-state index in [9.17, 15) is 5.11 Å². The van der Waals surface area contributed by atoms with Crippen molar-refractivity contribution in [3.05, 3.63) is 102 Å². The summed E-state index contributed by atoms with van der Waals surface area (Å²) in [7, 11) is 0. The molecule has 0 heterocycles. The van der Waals surface area contributed by atoms with Crippen LogP contribution in [0.25, 0.3) is 0 Å². The first-order valence-corrected chi connectivity index (χ1v) is 7.95. The molecule has 0 aliphatic heterocycles. The second kappa shape index (κ2) is 7.61. The smallest absolute Gasteiger partial charge is 0.120 e. The highest BCUT2D eigenvalue weighted by molar-refractivity contribution is 5.40. The van der Waals surface area contributed by atoms with Crippen LogP contribution in [0.5, 0.6) is 5.75 Å². The summed E-state index contributed by atoms with van der Waals surface area (Å²) >= 11 is 0. The number of aromatic hydroxyl groups is 1. The van der Waals surface area contributed by atoms with Crippen LogP contribution in [0.4, 0.5) is 0 Å². The van der Waals surface area contributed by atoms with Crippen molar-refractivity contribution in [2.24, 2.45) is 0 Å². The van der Waals surface area contributed by atoms with Crippen molar-refractivity contribution in [2.45, 2.75) is 12.5 Å². The Balaban J connectivity index is 1.78. The minimum Gasteiger partial charge on any atom is -0.508 e. The van der Waals surface area contributed by atoms with Crippen LogP contribution >= 0.6 is 0 Å². The lowest BCUT2D eigenvalue weighted by Crippen LogP contribution is -2.24. The highest BCUT2D eigenvalue weighted by atomic mass is 16.3. The monoisotopic (exact) mass is 303 g/mol. The molecule has 0 saturated carbocycles. The normalized spacial score (nSPS) is 12.0. The van der Waals surface area contributed by atoms with Gasteiger partial charge in [0.05, 0.1) is 6.04 Å². The van der Waals surface area contributed by atoms with Gasteiger partial charge in [-0.2, -0.15) is 0 Å². The van der Waals surface area contributed by atoms with Gasteiger partial charge in [0, 0.05) is 12.1 Å². The first-order valence-electron chi connectivity index (χ1n) is 7.95.